The van der Waals surface area contributed by atoms with Crippen LogP contribution in [0.1, 0.15) is 20.3 Å². The highest BCUT2D eigenvalue weighted by atomic mass is 32.2. The van der Waals surface area contributed by atoms with Crippen molar-refractivity contribution in [1.82, 2.24) is 0 Å². The SMILES string of the molecule is CC(=O)Nc1cccc(NC2=NC(C)CCS2)c1. The molecule has 1 atom stereocenters. The van der Waals surface area contributed by atoms with Crippen LogP contribution in [0.5, 0.6) is 0 Å². The lowest BCUT2D eigenvalue weighted by atomic mass is 10.2. The van der Waals surface area contributed by atoms with E-state index in [1.807, 2.05) is 24.3 Å². The summed E-state index contributed by atoms with van der Waals surface area (Å²) in [4.78, 5) is 15.5. The molecule has 96 valence electrons. The number of aliphatic imine (C=N–C) groups is 1. The molecule has 0 spiro atoms. The maximum absolute atomic E-state index is 11.0. The van der Waals surface area contributed by atoms with Crippen molar-refractivity contribution in [3.8, 4) is 0 Å². The third-order valence-corrected chi connectivity index (χ3v) is 3.47. The molecule has 1 aliphatic rings. The van der Waals surface area contributed by atoms with Gasteiger partial charge in [-0.15, -0.1) is 0 Å². The van der Waals surface area contributed by atoms with Gasteiger partial charge in [-0.05, 0) is 31.5 Å². The second kappa shape index (κ2) is 5.91. The Morgan fingerprint density at radius 3 is 2.94 bits per heavy atom. The third kappa shape index (κ3) is 3.77. The molecule has 0 fully saturated rings. The van der Waals surface area contributed by atoms with Crippen LogP contribution in [0.15, 0.2) is 29.3 Å². The van der Waals surface area contributed by atoms with Crippen molar-refractivity contribution in [1.29, 1.82) is 0 Å². The van der Waals surface area contributed by atoms with Gasteiger partial charge in [0.2, 0.25) is 5.91 Å². The number of carbonyl (C=O) groups excluding carboxylic acids is 1. The van der Waals surface area contributed by atoms with Crippen molar-refractivity contribution in [2.24, 2.45) is 4.99 Å². The number of rotatable bonds is 2. The lowest BCUT2D eigenvalue weighted by Gasteiger charge is -2.18. The highest BCUT2D eigenvalue weighted by Crippen LogP contribution is 2.21. The van der Waals surface area contributed by atoms with Crippen molar-refractivity contribution in [3.63, 3.8) is 0 Å². The summed E-state index contributed by atoms with van der Waals surface area (Å²) in [7, 11) is 0. The van der Waals surface area contributed by atoms with Gasteiger partial charge in [0.15, 0.2) is 5.17 Å². The van der Waals surface area contributed by atoms with E-state index < -0.39 is 0 Å². The minimum absolute atomic E-state index is 0.0647. The van der Waals surface area contributed by atoms with Gasteiger partial charge < -0.3 is 10.6 Å². The molecule has 5 heteroatoms. The molecule has 1 heterocycles. The summed E-state index contributed by atoms with van der Waals surface area (Å²) >= 11 is 1.73. The first kappa shape index (κ1) is 13.0. The van der Waals surface area contributed by atoms with E-state index in [2.05, 4.69) is 22.5 Å². The Hall–Kier alpha value is -1.49. The van der Waals surface area contributed by atoms with Crippen LogP contribution in [-0.4, -0.2) is 22.9 Å². The molecule has 0 aromatic heterocycles. The number of hydrogen-bond acceptors (Lipinski definition) is 4. The van der Waals surface area contributed by atoms with E-state index in [0.29, 0.717) is 6.04 Å². The molecule has 0 radical (unpaired) electrons. The van der Waals surface area contributed by atoms with Crippen LogP contribution in [0, 0.1) is 0 Å². The minimum Gasteiger partial charge on any atom is -0.335 e. The van der Waals surface area contributed by atoms with Gasteiger partial charge in [0.05, 0.1) is 6.04 Å². The van der Waals surface area contributed by atoms with Crippen LogP contribution in [0.2, 0.25) is 0 Å². The van der Waals surface area contributed by atoms with Gasteiger partial charge >= 0.3 is 0 Å². The number of amidine groups is 1. The fraction of sp³-hybridized carbons (Fsp3) is 0.385. The van der Waals surface area contributed by atoms with Gasteiger partial charge in [-0.2, -0.15) is 0 Å². The van der Waals surface area contributed by atoms with Gasteiger partial charge in [0.1, 0.15) is 0 Å². The molecule has 1 amide bonds. The van der Waals surface area contributed by atoms with Crippen molar-refractivity contribution in [2.75, 3.05) is 16.4 Å². The lowest BCUT2D eigenvalue weighted by molar-refractivity contribution is -0.114. The van der Waals surface area contributed by atoms with Crippen LogP contribution in [-0.2, 0) is 4.79 Å². The molecule has 4 nitrogen and oxygen atoms in total. The number of amides is 1. The van der Waals surface area contributed by atoms with Crippen LogP contribution in [0.4, 0.5) is 11.4 Å². The molecule has 1 aromatic rings. The molecule has 1 aliphatic heterocycles. The summed E-state index contributed by atoms with van der Waals surface area (Å²) in [5.41, 5.74) is 1.74. The molecular weight excluding hydrogens is 246 g/mol. The number of hydrogen-bond donors (Lipinski definition) is 2. The normalized spacial score (nSPS) is 19.0. The summed E-state index contributed by atoms with van der Waals surface area (Å²) in [5, 5.41) is 7.00. The Morgan fingerprint density at radius 1 is 1.44 bits per heavy atom. The first-order chi connectivity index (χ1) is 8.63. The van der Waals surface area contributed by atoms with Crippen LogP contribution < -0.4 is 10.6 Å². The zero-order chi connectivity index (χ0) is 13.0. The van der Waals surface area contributed by atoms with E-state index >= 15 is 0 Å². The number of nitrogens with one attached hydrogen (secondary N) is 2. The van der Waals surface area contributed by atoms with Crippen LogP contribution in [0.3, 0.4) is 0 Å². The van der Waals surface area contributed by atoms with Gasteiger partial charge in [0.25, 0.3) is 0 Å². The smallest absolute Gasteiger partial charge is 0.221 e. The van der Waals surface area contributed by atoms with Gasteiger partial charge in [-0.25, -0.2) is 0 Å². The average Bonchev–Trinajstić information content (AvgIpc) is 2.28. The molecule has 0 saturated carbocycles. The van der Waals surface area contributed by atoms with Crippen molar-refractivity contribution >= 4 is 34.2 Å². The topological polar surface area (TPSA) is 53.5 Å². The minimum atomic E-state index is -0.0647. The monoisotopic (exact) mass is 263 g/mol. The maximum atomic E-state index is 11.0. The fourth-order valence-corrected chi connectivity index (χ4v) is 2.79. The second-order valence-electron chi connectivity index (χ2n) is 4.31. The van der Waals surface area contributed by atoms with E-state index in [9.17, 15) is 4.79 Å². The average molecular weight is 263 g/mol. The van der Waals surface area contributed by atoms with Crippen molar-refractivity contribution < 1.29 is 4.79 Å². The Bertz CT molecular complexity index is 473. The van der Waals surface area contributed by atoms with E-state index in [1.54, 1.807) is 11.8 Å². The molecule has 18 heavy (non-hydrogen) atoms. The Balaban J connectivity index is 2.07. The molecule has 1 unspecified atom stereocenters. The van der Waals surface area contributed by atoms with E-state index in [-0.39, 0.29) is 5.91 Å². The molecule has 1 aromatic carbocycles. The van der Waals surface area contributed by atoms with Gasteiger partial charge in [-0.1, -0.05) is 17.8 Å². The van der Waals surface area contributed by atoms with Gasteiger partial charge in [0, 0.05) is 24.1 Å². The lowest BCUT2D eigenvalue weighted by Crippen LogP contribution is -2.18. The number of nitrogens with zero attached hydrogens (tertiary/aromatic N) is 1. The first-order valence-corrected chi connectivity index (χ1v) is 6.97. The van der Waals surface area contributed by atoms with E-state index in [4.69, 9.17) is 0 Å². The van der Waals surface area contributed by atoms with Crippen LogP contribution >= 0.6 is 11.8 Å². The second-order valence-corrected chi connectivity index (χ2v) is 5.39. The third-order valence-electron chi connectivity index (χ3n) is 2.55. The number of carbonyl (C=O) groups is 1. The highest BCUT2D eigenvalue weighted by molar-refractivity contribution is 8.14. The number of anilines is 2. The zero-order valence-electron chi connectivity index (χ0n) is 10.6. The molecule has 2 rings (SSSR count). The predicted molar refractivity (Wildman–Crippen MR) is 78.3 cm³/mol. The zero-order valence-corrected chi connectivity index (χ0v) is 11.4. The quantitative estimate of drug-likeness (QED) is 0.862. The molecular formula is C13H17N3OS. The Kier molecular flexibility index (Phi) is 4.25. The Labute approximate surface area is 111 Å². The van der Waals surface area contributed by atoms with Gasteiger partial charge in [-0.3, -0.25) is 9.79 Å². The van der Waals surface area contributed by atoms with Crippen LogP contribution in [0.25, 0.3) is 0 Å². The standard InChI is InChI=1S/C13H17N3OS/c1-9-6-7-18-13(14-9)16-12-5-3-4-11(8-12)15-10(2)17/h3-5,8-9H,6-7H2,1-2H3,(H,14,16)(H,15,17). The van der Waals surface area contributed by atoms with E-state index in [0.717, 1.165) is 28.7 Å². The van der Waals surface area contributed by atoms with Crippen molar-refractivity contribution in [3.05, 3.63) is 24.3 Å². The summed E-state index contributed by atoms with van der Waals surface area (Å²) in [6.07, 6.45) is 1.13. The number of thioether (sulfide) groups is 1. The molecule has 0 bridgehead atoms. The Morgan fingerprint density at radius 2 is 2.22 bits per heavy atom. The molecule has 0 saturated heterocycles. The van der Waals surface area contributed by atoms with Crippen molar-refractivity contribution in [2.45, 2.75) is 26.3 Å². The predicted octanol–water partition coefficient (Wildman–Crippen LogP) is 2.94. The summed E-state index contributed by atoms with van der Waals surface area (Å²) < 4.78 is 0. The summed E-state index contributed by atoms with van der Waals surface area (Å²) in [6, 6.07) is 8.03. The molecule has 2 N–H and O–H groups in total. The fourth-order valence-electron chi connectivity index (χ4n) is 1.70. The van der Waals surface area contributed by atoms with E-state index in [1.165, 1.54) is 6.92 Å². The first-order valence-electron chi connectivity index (χ1n) is 5.99. The number of benzene rings is 1. The summed E-state index contributed by atoms with van der Waals surface area (Å²) in [5.74, 6) is 1.03. The highest BCUT2D eigenvalue weighted by Gasteiger charge is 2.11. The molecule has 0 aliphatic carbocycles. The summed E-state index contributed by atoms with van der Waals surface area (Å²) in [6.45, 7) is 3.62. The maximum Gasteiger partial charge on any atom is 0.221 e. The largest absolute Gasteiger partial charge is 0.335 e.